The average Bonchev–Trinajstić information content (AvgIpc) is 2.90. The molecule has 3 heterocycles. The summed E-state index contributed by atoms with van der Waals surface area (Å²) in [5, 5.41) is 7.07. The first-order chi connectivity index (χ1) is 8.43. The van der Waals surface area contributed by atoms with E-state index in [1.165, 1.54) is 23.5 Å². The van der Waals surface area contributed by atoms with Crippen LogP contribution in [0.4, 0.5) is 0 Å². The highest BCUT2D eigenvalue weighted by Crippen LogP contribution is 2.33. The molecule has 17 heavy (non-hydrogen) atoms. The lowest BCUT2D eigenvalue weighted by molar-refractivity contribution is 0.0846. The predicted molar refractivity (Wildman–Crippen MR) is 69.8 cm³/mol. The Bertz CT molecular complexity index is 322. The van der Waals surface area contributed by atoms with Crippen molar-refractivity contribution in [3.05, 3.63) is 16.1 Å². The third kappa shape index (κ3) is 2.69. The summed E-state index contributed by atoms with van der Waals surface area (Å²) in [4.78, 5) is 4.89. The van der Waals surface area contributed by atoms with Crippen LogP contribution in [-0.4, -0.2) is 31.3 Å². The summed E-state index contributed by atoms with van der Waals surface area (Å²) in [5.74, 6) is 1.35. The number of nitrogens with zero attached hydrogens (tertiary/aromatic N) is 1. The maximum absolute atomic E-state index is 5.41. The van der Waals surface area contributed by atoms with Crippen molar-refractivity contribution in [3.8, 4) is 0 Å². The number of nitrogens with one attached hydrogen (secondary N) is 1. The third-order valence-electron chi connectivity index (χ3n) is 3.87. The van der Waals surface area contributed by atoms with Gasteiger partial charge in [0.15, 0.2) is 0 Å². The van der Waals surface area contributed by atoms with Gasteiger partial charge in [-0.25, -0.2) is 4.98 Å². The summed E-state index contributed by atoms with van der Waals surface area (Å²) < 4.78 is 5.41. The van der Waals surface area contributed by atoms with Crippen LogP contribution in [-0.2, 0) is 4.74 Å². The standard InChI is InChI=1S/C13H20N2OS/c1-5-14-6-2-11(1)13-15-12(9-17-13)10-3-7-16-8-4-10/h9-11,14H,1-8H2. The molecular weight excluding hydrogens is 232 g/mol. The number of thiazole rings is 1. The van der Waals surface area contributed by atoms with Crippen molar-refractivity contribution in [2.45, 2.75) is 37.5 Å². The van der Waals surface area contributed by atoms with Crippen LogP contribution >= 0.6 is 11.3 Å². The summed E-state index contributed by atoms with van der Waals surface area (Å²) in [6, 6.07) is 0. The van der Waals surface area contributed by atoms with Gasteiger partial charge in [0, 0.05) is 30.4 Å². The number of hydrogen-bond donors (Lipinski definition) is 1. The third-order valence-corrected chi connectivity index (χ3v) is 4.89. The summed E-state index contributed by atoms with van der Waals surface area (Å²) in [6.07, 6.45) is 4.80. The molecule has 0 atom stereocenters. The fourth-order valence-electron chi connectivity index (χ4n) is 2.74. The van der Waals surface area contributed by atoms with E-state index in [4.69, 9.17) is 9.72 Å². The van der Waals surface area contributed by atoms with Crippen molar-refractivity contribution in [2.75, 3.05) is 26.3 Å². The van der Waals surface area contributed by atoms with E-state index in [0.717, 1.165) is 39.1 Å². The normalized spacial score (nSPS) is 24.0. The molecule has 2 fully saturated rings. The Labute approximate surface area is 107 Å². The van der Waals surface area contributed by atoms with Gasteiger partial charge in [-0.15, -0.1) is 11.3 Å². The number of rotatable bonds is 2. The zero-order valence-electron chi connectivity index (χ0n) is 10.2. The van der Waals surface area contributed by atoms with E-state index in [1.54, 1.807) is 0 Å². The first-order valence-electron chi connectivity index (χ1n) is 6.67. The van der Waals surface area contributed by atoms with Gasteiger partial charge in [0.2, 0.25) is 0 Å². The van der Waals surface area contributed by atoms with Gasteiger partial charge in [-0.1, -0.05) is 0 Å². The summed E-state index contributed by atoms with van der Waals surface area (Å²) >= 11 is 1.87. The van der Waals surface area contributed by atoms with Crippen molar-refractivity contribution in [1.29, 1.82) is 0 Å². The minimum atomic E-state index is 0.649. The molecule has 0 unspecified atom stereocenters. The van der Waals surface area contributed by atoms with Crippen LogP contribution in [0.15, 0.2) is 5.38 Å². The fourth-order valence-corrected chi connectivity index (χ4v) is 3.81. The Morgan fingerprint density at radius 2 is 1.88 bits per heavy atom. The van der Waals surface area contributed by atoms with Gasteiger partial charge in [0.05, 0.1) is 10.7 Å². The molecule has 1 aromatic rings. The number of aromatic nitrogens is 1. The average molecular weight is 252 g/mol. The predicted octanol–water partition coefficient (Wildman–Crippen LogP) is 2.50. The van der Waals surface area contributed by atoms with Crippen LogP contribution in [0, 0.1) is 0 Å². The highest BCUT2D eigenvalue weighted by Gasteiger charge is 2.22. The Morgan fingerprint density at radius 1 is 1.12 bits per heavy atom. The zero-order valence-corrected chi connectivity index (χ0v) is 11.0. The summed E-state index contributed by atoms with van der Waals surface area (Å²) in [6.45, 7) is 4.11. The van der Waals surface area contributed by atoms with Gasteiger partial charge in [-0.3, -0.25) is 0 Å². The molecule has 0 saturated carbocycles. The van der Waals surface area contributed by atoms with E-state index in [9.17, 15) is 0 Å². The highest BCUT2D eigenvalue weighted by atomic mass is 32.1. The molecule has 0 aliphatic carbocycles. The molecule has 3 rings (SSSR count). The first kappa shape index (κ1) is 11.6. The van der Waals surface area contributed by atoms with Crippen molar-refractivity contribution >= 4 is 11.3 Å². The number of ether oxygens (including phenoxy) is 1. The smallest absolute Gasteiger partial charge is 0.0960 e. The molecule has 0 bridgehead atoms. The van der Waals surface area contributed by atoms with E-state index in [0.29, 0.717) is 11.8 Å². The van der Waals surface area contributed by atoms with E-state index in [-0.39, 0.29) is 0 Å². The zero-order chi connectivity index (χ0) is 11.5. The topological polar surface area (TPSA) is 34.2 Å². The monoisotopic (exact) mass is 252 g/mol. The summed E-state index contributed by atoms with van der Waals surface area (Å²) in [5.41, 5.74) is 1.33. The minimum Gasteiger partial charge on any atom is -0.381 e. The quantitative estimate of drug-likeness (QED) is 0.878. The SMILES string of the molecule is c1sc(C2CCNCC2)nc1C1CCOCC1. The molecule has 0 spiro atoms. The molecule has 1 aromatic heterocycles. The van der Waals surface area contributed by atoms with Gasteiger partial charge >= 0.3 is 0 Å². The molecule has 0 aromatic carbocycles. The van der Waals surface area contributed by atoms with Crippen LogP contribution in [0.1, 0.15) is 48.2 Å². The van der Waals surface area contributed by atoms with Crippen molar-refractivity contribution in [2.24, 2.45) is 0 Å². The minimum absolute atomic E-state index is 0.649. The Morgan fingerprint density at radius 3 is 2.65 bits per heavy atom. The number of piperidine rings is 1. The van der Waals surface area contributed by atoms with Gasteiger partial charge in [0.1, 0.15) is 0 Å². The molecule has 2 saturated heterocycles. The Hall–Kier alpha value is -0.450. The summed E-state index contributed by atoms with van der Waals surface area (Å²) in [7, 11) is 0. The molecular formula is C13H20N2OS. The molecule has 1 N–H and O–H groups in total. The van der Waals surface area contributed by atoms with E-state index in [2.05, 4.69) is 10.7 Å². The van der Waals surface area contributed by atoms with Crippen LogP contribution in [0.3, 0.4) is 0 Å². The Balaban J connectivity index is 1.68. The first-order valence-corrected chi connectivity index (χ1v) is 7.55. The maximum Gasteiger partial charge on any atom is 0.0960 e. The van der Waals surface area contributed by atoms with Crippen LogP contribution in [0.25, 0.3) is 0 Å². The molecule has 4 heteroatoms. The molecule has 0 amide bonds. The van der Waals surface area contributed by atoms with Crippen molar-refractivity contribution < 1.29 is 4.74 Å². The van der Waals surface area contributed by atoms with Crippen LogP contribution in [0.5, 0.6) is 0 Å². The molecule has 94 valence electrons. The van der Waals surface area contributed by atoms with Crippen molar-refractivity contribution in [1.82, 2.24) is 10.3 Å². The lowest BCUT2D eigenvalue weighted by atomic mass is 9.96. The highest BCUT2D eigenvalue weighted by molar-refractivity contribution is 7.09. The Kier molecular flexibility index (Phi) is 3.74. The van der Waals surface area contributed by atoms with Gasteiger partial charge < -0.3 is 10.1 Å². The second-order valence-corrected chi connectivity index (χ2v) is 5.91. The molecule has 3 nitrogen and oxygen atoms in total. The van der Waals surface area contributed by atoms with E-state index in [1.807, 2.05) is 11.3 Å². The van der Waals surface area contributed by atoms with Gasteiger partial charge in [-0.05, 0) is 38.8 Å². The molecule has 0 radical (unpaired) electrons. The molecule has 2 aliphatic rings. The van der Waals surface area contributed by atoms with Gasteiger partial charge in [-0.2, -0.15) is 0 Å². The second kappa shape index (κ2) is 5.46. The van der Waals surface area contributed by atoms with Crippen LogP contribution < -0.4 is 5.32 Å². The number of hydrogen-bond acceptors (Lipinski definition) is 4. The van der Waals surface area contributed by atoms with E-state index >= 15 is 0 Å². The van der Waals surface area contributed by atoms with Gasteiger partial charge in [0.25, 0.3) is 0 Å². The second-order valence-electron chi connectivity index (χ2n) is 5.02. The maximum atomic E-state index is 5.41. The van der Waals surface area contributed by atoms with Crippen LogP contribution in [0.2, 0.25) is 0 Å². The lowest BCUT2D eigenvalue weighted by Gasteiger charge is -2.21. The van der Waals surface area contributed by atoms with E-state index < -0.39 is 0 Å². The largest absolute Gasteiger partial charge is 0.381 e. The lowest BCUT2D eigenvalue weighted by Crippen LogP contribution is -2.26. The molecule has 2 aliphatic heterocycles. The van der Waals surface area contributed by atoms with Crippen molar-refractivity contribution in [3.63, 3.8) is 0 Å². The fraction of sp³-hybridized carbons (Fsp3) is 0.769.